The molecule has 0 aromatic carbocycles. The van der Waals surface area contributed by atoms with Crippen molar-refractivity contribution in [1.29, 1.82) is 0 Å². The average Bonchev–Trinajstić information content (AvgIpc) is 2.14. The molecule has 0 heterocycles. The lowest BCUT2D eigenvalue weighted by Gasteiger charge is -2.29. The maximum atomic E-state index is 12.3. The second-order valence-electron chi connectivity index (χ2n) is 4.30. The van der Waals surface area contributed by atoms with E-state index in [2.05, 4.69) is 4.74 Å². The summed E-state index contributed by atoms with van der Waals surface area (Å²) in [5.41, 5.74) is 0. The topological polar surface area (TPSA) is 49.8 Å². The van der Waals surface area contributed by atoms with E-state index in [9.17, 15) is 23.1 Å². The summed E-state index contributed by atoms with van der Waals surface area (Å²) in [5, 5.41) is 9.55. The molecule has 0 fully saturated rings. The zero-order valence-electron chi connectivity index (χ0n) is 10.8. The van der Waals surface area contributed by atoms with Gasteiger partial charge in [0.05, 0.1) is 25.7 Å². The molecule has 0 saturated carbocycles. The predicted molar refractivity (Wildman–Crippen MR) is 60.0 cm³/mol. The van der Waals surface area contributed by atoms with E-state index < -0.39 is 24.8 Å². The highest BCUT2D eigenvalue weighted by Gasteiger charge is 2.32. The van der Waals surface area contributed by atoms with Crippen LogP contribution in [-0.4, -0.2) is 54.0 Å². The molecule has 0 aliphatic carbocycles. The first kappa shape index (κ1) is 17.2. The van der Waals surface area contributed by atoms with Crippen LogP contribution >= 0.6 is 0 Å². The summed E-state index contributed by atoms with van der Waals surface area (Å²) in [6.07, 6.45) is -5.78. The van der Waals surface area contributed by atoms with Crippen LogP contribution in [0.15, 0.2) is 0 Å². The third-order valence-electron chi connectivity index (χ3n) is 2.27. The molecule has 1 unspecified atom stereocenters. The Balaban J connectivity index is 4.28. The van der Waals surface area contributed by atoms with Gasteiger partial charge in [0.15, 0.2) is 0 Å². The molecule has 0 saturated heterocycles. The van der Waals surface area contributed by atoms with Crippen molar-refractivity contribution < 1.29 is 27.8 Å². The number of halogens is 3. The predicted octanol–water partition coefficient (Wildman–Crippen LogP) is 1.57. The van der Waals surface area contributed by atoms with Crippen molar-refractivity contribution in [2.24, 2.45) is 0 Å². The van der Waals surface area contributed by atoms with Crippen LogP contribution in [0.2, 0.25) is 0 Å². The number of hydrogen-bond acceptors (Lipinski definition) is 4. The maximum Gasteiger partial charge on any atom is 0.401 e. The first-order valence-electron chi connectivity index (χ1n) is 5.80. The highest BCUT2D eigenvalue weighted by Crippen LogP contribution is 2.18. The van der Waals surface area contributed by atoms with Crippen LogP contribution in [0, 0.1) is 0 Å². The number of ether oxygens (including phenoxy) is 1. The lowest BCUT2D eigenvalue weighted by molar-refractivity contribution is -0.154. The summed E-state index contributed by atoms with van der Waals surface area (Å²) in [6.45, 7) is 3.68. The van der Waals surface area contributed by atoms with Crippen molar-refractivity contribution in [2.45, 2.75) is 45.5 Å². The van der Waals surface area contributed by atoms with E-state index in [4.69, 9.17) is 0 Å². The van der Waals surface area contributed by atoms with Gasteiger partial charge >= 0.3 is 12.1 Å². The molecule has 0 aromatic heterocycles. The first-order chi connectivity index (χ1) is 8.15. The number of aliphatic hydroxyl groups is 1. The zero-order chi connectivity index (χ0) is 14.3. The first-order valence-corrected chi connectivity index (χ1v) is 5.80. The average molecular weight is 271 g/mol. The van der Waals surface area contributed by atoms with Gasteiger partial charge in [0.25, 0.3) is 0 Å². The van der Waals surface area contributed by atoms with Crippen LogP contribution in [0.25, 0.3) is 0 Å². The molecule has 0 bridgehead atoms. The largest absolute Gasteiger partial charge is 0.466 e. The van der Waals surface area contributed by atoms with Crippen LogP contribution in [0.3, 0.4) is 0 Å². The molecule has 0 aromatic rings. The quantitative estimate of drug-likeness (QED) is 0.714. The van der Waals surface area contributed by atoms with Crippen LogP contribution in [0.4, 0.5) is 13.2 Å². The monoisotopic (exact) mass is 271 g/mol. The van der Waals surface area contributed by atoms with Crippen molar-refractivity contribution in [2.75, 3.05) is 19.7 Å². The molecule has 18 heavy (non-hydrogen) atoms. The Hall–Kier alpha value is -0.820. The molecule has 0 amide bonds. The number of esters is 1. The van der Waals surface area contributed by atoms with Crippen molar-refractivity contribution in [3.63, 3.8) is 0 Å². The van der Waals surface area contributed by atoms with E-state index in [0.29, 0.717) is 0 Å². The van der Waals surface area contributed by atoms with Crippen molar-refractivity contribution in [3.05, 3.63) is 0 Å². The lowest BCUT2D eigenvalue weighted by Crippen LogP contribution is -2.43. The fourth-order valence-electron chi connectivity index (χ4n) is 1.44. The Morgan fingerprint density at radius 3 is 2.33 bits per heavy atom. The van der Waals surface area contributed by atoms with Gasteiger partial charge in [0.1, 0.15) is 0 Å². The van der Waals surface area contributed by atoms with Gasteiger partial charge in [-0.05, 0) is 20.8 Å². The molecule has 108 valence electrons. The maximum absolute atomic E-state index is 12.3. The molecular formula is C11H20F3NO3. The summed E-state index contributed by atoms with van der Waals surface area (Å²) < 4.78 is 41.5. The molecule has 0 rings (SSSR count). The molecular weight excluding hydrogens is 251 g/mol. The van der Waals surface area contributed by atoms with Crippen molar-refractivity contribution in [3.8, 4) is 0 Å². The Morgan fingerprint density at radius 1 is 1.39 bits per heavy atom. The van der Waals surface area contributed by atoms with E-state index in [1.165, 1.54) is 0 Å². The fourth-order valence-corrected chi connectivity index (χ4v) is 1.44. The molecule has 0 aliphatic rings. The number of hydrogen-bond donors (Lipinski definition) is 1. The van der Waals surface area contributed by atoms with E-state index in [-0.39, 0.29) is 25.6 Å². The second kappa shape index (κ2) is 7.58. The summed E-state index contributed by atoms with van der Waals surface area (Å²) in [5.74, 6) is -0.610. The third-order valence-corrected chi connectivity index (χ3v) is 2.27. The van der Waals surface area contributed by atoms with Gasteiger partial charge < -0.3 is 9.84 Å². The Labute approximate surface area is 105 Å². The van der Waals surface area contributed by atoms with Gasteiger partial charge in [-0.2, -0.15) is 13.2 Å². The zero-order valence-corrected chi connectivity index (χ0v) is 10.8. The van der Waals surface area contributed by atoms with Crippen LogP contribution in [0.1, 0.15) is 27.2 Å². The number of aliphatic hydroxyl groups excluding tert-OH is 1. The number of alkyl halides is 3. The molecule has 7 heteroatoms. The standard InChI is InChI=1S/C11H20F3NO3/c1-4-18-10(17)5-9(16)6-15(8(2)3)7-11(12,13)14/h8-9,16H,4-7H2,1-3H3. The SMILES string of the molecule is CCOC(=O)CC(O)CN(CC(F)(F)F)C(C)C. The molecule has 0 aliphatic heterocycles. The minimum Gasteiger partial charge on any atom is -0.466 e. The number of carbonyl (C=O) groups is 1. The number of carbonyl (C=O) groups excluding carboxylic acids is 1. The number of nitrogens with zero attached hydrogens (tertiary/aromatic N) is 1. The van der Waals surface area contributed by atoms with Crippen molar-refractivity contribution in [1.82, 2.24) is 4.90 Å². The minimum absolute atomic E-state index is 0.183. The van der Waals surface area contributed by atoms with Gasteiger partial charge in [-0.1, -0.05) is 0 Å². The Kier molecular flexibility index (Phi) is 7.23. The van der Waals surface area contributed by atoms with Crippen LogP contribution < -0.4 is 0 Å². The molecule has 0 spiro atoms. The molecule has 0 radical (unpaired) electrons. The van der Waals surface area contributed by atoms with Gasteiger partial charge in [-0.3, -0.25) is 9.69 Å². The highest BCUT2D eigenvalue weighted by molar-refractivity contribution is 5.69. The van der Waals surface area contributed by atoms with Gasteiger partial charge in [-0.15, -0.1) is 0 Å². The smallest absolute Gasteiger partial charge is 0.401 e. The fraction of sp³-hybridized carbons (Fsp3) is 0.909. The Morgan fingerprint density at radius 2 is 1.94 bits per heavy atom. The van der Waals surface area contributed by atoms with E-state index >= 15 is 0 Å². The highest BCUT2D eigenvalue weighted by atomic mass is 19.4. The van der Waals surface area contributed by atoms with E-state index in [1.807, 2.05) is 0 Å². The minimum atomic E-state index is -4.33. The van der Waals surface area contributed by atoms with Gasteiger partial charge in [0.2, 0.25) is 0 Å². The lowest BCUT2D eigenvalue weighted by atomic mass is 10.2. The van der Waals surface area contributed by atoms with Gasteiger partial charge in [-0.25, -0.2) is 0 Å². The normalized spacial score (nSPS) is 14.1. The summed E-state index contributed by atoms with van der Waals surface area (Å²) >= 11 is 0. The summed E-state index contributed by atoms with van der Waals surface area (Å²) in [4.78, 5) is 12.1. The summed E-state index contributed by atoms with van der Waals surface area (Å²) in [6, 6.07) is -0.372. The van der Waals surface area contributed by atoms with Crippen molar-refractivity contribution >= 4 is 5.97 Å². The third kappa shape index (κ3) is 8.30. The Bertz CT molecular complexity index is 256. The molecule has 4 nitrogen and oxygen atoms in total. The molecule has 1 atom stereocenters. The van der Waals surface area contributed by atoms with Crippen LogP contribution in [0.5, 0.6) is 0 Å². The van der Waals surface area contributed by atoms with Gasteiger partial charge in [0, 0.05) is 12.6 Å². The van der Waals surface area contributed by atoms with E-state index in [1.54, 1.807) is 20.8 Å². The number of rotatable bonds is 7. The molecule has 1 N–H and O–H groups in total. The second-order valence-corrected chi connectivity index (χ2v) is 4.30. The van der Waals surface area contributed by atoms with E-state index in [0.717, 1.165) is 4.90 Å². The van der Waals surface area contributed by atoms with Crippen LogP contribution in [-0.2, 0) is 9.53 Å². The summed E-state index contributed by atoms with van der Waals surface area (Å²) in [7, 11) is 0.